The van der Waals surface area contributed by atoms with Crippen molar-refractivity contribution in [3.63, 3.8) is 0 Å². The van der Waals surface area contributed by atoms with Crippen molar-refractivity contribution in [2.45, 2.75) is 33.2 Å². The summed E-state index contributed by atoms with van der Waals surface area (Å²) in [6.45, 7) is 6.86. The molecule has 5 nitrogen and oxygen atoms in total. The van der Waals surface area contributed by atoms with Gasteiger partial charge in [-0.15, -0.1) is 0 Å². The lowest BCUT2D eigenvalue weighted by Gasteiger charge is -2.20. The minimum atomic E-state index is -0.547. The summed E-state index contributed by atoms with van der Waals surface area (Å²) in [5.41, 5.74) is 5.82. The molecule has 0 atom stereocenters. The number of carbonyl (C=O) groups excluding carboxylic acids is 2. The van der Waals surface area contributed by atoms with E-state index in [1.54, 1.807) is 0 Å². The van der Waals surface area contributed by atoms with E-state index in [-0.39, 0.29) is 29.2 Å². The number of benzene rings is 1. The predicted molar refractivity (Wildman–Crippen MR) is 75.8 cm³/mol. The van der Waals surface area contributed by atoms with Crippen LogP contribution in [0.2, 0.25) is 0 Å². The van der Waals surface area contributed by atoms with Crippen LogP contribution in [0.25, 0.3) is 0 Å². The van der Waals surface area contributed by atoms with Gasteiger partial charge in [-0.3, -0.25) is 9.59 Å². The van der Waals surface area contributed by atoms with Crippen molar-refractivity contribution >= 4 is 17.5 Å². The monoisotopic (exact) mass is 281 g/mol. The number of nitrogens with one attached hydrogen (secondary N) is 2. The third-order valence-corrected chi connectivity index (χ3v) is 2.57. The molecule has 0 saturated carbocycles. The fraction of sp³-hybridized carbons (Fsp3) is 0.429. The zero-order valence-corrected chi connectivity index (χ0v) is 12.1. The van der Waals surface area contributed by atoms with Crippen LogP contribution < -0.4 is 16.4 Å². The van der Waals surface area contributed by atoms with Gasteiger partial charge in [-0.1, -0.05) is 0 Å². The molecule has 0 fully saturated rings. The largest absolute Gasteiger partial charge is 0.398 e. The Morgan fingerprint density at radius 1 is 1.30 bits per heavy atom. The van der Waals surface area contributed by atoms with Gasteiger partial charge < -0.3 is 16.4 Å². The Morgan fingerprint density at radius 3 is 2.40 bits per heavy atom. The third kappa shape index (κ3) is 4.53. The number of amides is 2. The molecule has 0 aliphatic carbocycles. The van der Waals surface area contributed by atoms with E-state index in [9.17, 15) is 14.0 Å². The summed E-state index contributed by atoms with van der Waals surface area (Å²) in [5.74, 6) is -1.40. The molecule has 0 bridgehead atoms. The van der Waals surface area contributed by atoms with E-state index in [1.165, 1.54) is 13.0 Å². The van der Waals surface area contributed by atoms with E-state index in [0.717, 1.165) is 6.07 Å². The standard InChI is InChI=1S/C14H20FN3O2/c1-8-10(15)5-9(6-11(8)16)13(20)17-7-12(19)18-14(2,3)4/h5-6H,7,16H2,1-4H3,(H,17,20)(H,18,19). The summed E-state index contributed by atoms with van der Waals surface area (Å²) in [7, 11) is 0. The summed E-state index contributed by atoms with van der Waals surface area (Å²) in [5, 5.41) is 5.13. The van der Waals surface area contributed by atoms with Gasteiger partial charge in [-0.25, -0.2) is 4.39 Å². The zero-order chi connectivity index (χ0) is 15.5. The lowest BCUT2D eigenvalue weighted by Crippen LogP contribution is -2.45. The maximum Gasteiger partial charge on any atom is 0.251 e. The minimum Gasteiger partial charge on any atom is -0.398 e. The first-order valence-corrected chi connectivity index (χ1v) is 6.25. The quantitative estimate of drug-likeness (QED) is 0.731. The molecule has 6 heteroatoms. The lowest BCUT2D eigenvalue weighted by atomic mass is 10.1. The number of hydrogen-bond donors (Lipinski definition) is 3. The van der Waals surface area contributed by atoms with E-state index in [4.69, 9.17) is 5.73 Å². The Labute approximate surface area is 117 Å². The maximum atomic E-state index is 13.5. The van der Waals surface area contributed by atoms with Crippen LogP contribution in [-0.2, 0) is 4.79 Å². The molecule has 110 valence electrons. The van der Waals surface area contributed by atoms with Crippen LogP contribution in [0.1, 0.15) is 36.7 Å². The highest BCUT2D eigenvalue weighted by molar-refractivity contribution is 5.97. The first-order valence-electron chi connectivity index (χ1n) is 6.25. The molecule has 0 spiro atoms. The molecule has 0 aliphatic rings. The summed E-state index contributed by atoms with van der Waals surface area (Å²) in [6.07, 6.45) is 0. The molecule has 1 rings (SSSR count). The zero-order valence-electron chi connectivity index (χ0n) is 12.1. The molecule has 0 aliphatic heterocycles. The summed E-state index contributed by atoms with van der Waals surface area (Å²) < 4.78 is 13.5. The average Bonchev–Trinajstić information content (AvgIpc) is 2.30. The number of rotatable bonds is 3. The highest BCUT2D eigenvalue weighted by Crippen LogP contribution is 2.17. The number of anilines is 1. The highest BCUT2D eigenvalue weighted by atomic mass is 19.1. The number of nitrogens with two attached hydrogens (primary N) is 1. The molecular formula is C14H20FN3O2. The van der Waals surface area contributed by atoms with Gasteiger partial charge in [-0.05, 0) is 39.8 Å². The van der Waals surface area contributed by atoms with Gasteiger partial charge in [-0.2, -0.15) is 0 Å². The second-order valence-corrected chi connectivity index (χ2v) is 5.65. The molecule has 0 saturated heterocycles. The van der Waals surface area contributed by atoms with Crippen molar-refractivity contribution in [1.29, 1.82) is 0 Å². The summed E-state index contributed by atoms with van der Waals surface area (Å²) in [6, 6.07) is 2.48. The van der Waals surface area contributed by atoms with E-state index in [1.807, 2.05) is 20.8 Å². The maximum absolute atomic E-state index is 13.5. The van der Waals surface area contributed by atoms with Gasteiger partial charge in [0.2, 0.25) is 5.91 Å². The molecule has 1 aromatic carbocycles. The van der Waals surface area contributed by atoms with Gasteiger partial charge in [0.1, 0.15) is 5.82 Å². The fourth-order valence-electron chi connectivity index (χ4n) is 1.56. The third-order valence-electron chi connectivity index (χ3n) is 2.57. The van der Waals surface area contributed by atoms with Gasteiger partial charge >= 0.3 is 0 Å². The van der Waals surface area contributed by atoms with Crippen molar-refractivity contribution in [3.8, 4) is 0 Å². The molecule has 20 heavy (non-hydrogen) atoms. The van der Waals surface area contributed by atoms with Gasteiger partial charge in [0, 0.05) is 22.4 Å². The minimum absolute atomic E-state index is 0.0918. The number of halogens is 1. The summed E-state index contributed by atoms with van der Waals surface area (Å²) in [4.78, 5) is 23.4. The second kappa shape index (κ2) is 5.90. The van der Waals surface area contributed by atoms with Crippen LogP contribution in [0.3, 0.4) is 0 Å². The molecule has 2 amide bonds. The Morgan fingerprint density at radius 2 is 1.90 bits per heavy atom. The van der Waals surface area contributed by atoms with Crippen LogP contribution >= 0.6 is 0 Å². The van der Waals surface area contributed by atoms with Gasteiger partial charge in [0.25, 0.3) is 5.91 Å². The van der Waals surface area contributed by atoms with E-state index >= 15 is 0 Å². The first-order chi connectivity index (χ1) is 9.10. The van der Waals surface area contributed by atoms with Gasteiger partial charge in [0.05, 0.1) is 6.54 Å². The van der Waals surface area contributed by atoms with Crippen LogP contribution in [0.4, 0.5) is 10.1 Å². The van der Waals surface area contributed by atoms with E-state index in [2.05, 4.69) is 10.6 Å². The van der Waals surface area contributed by atoms with Crippen LogP contribution in [-0.4, -0.2) is 23.9 Å². The topological polar surface area (TPSA) is 84.2 Å². The van der Waals surface area contributed by atoms with Crippen LogP contribution in [0, 0.1) is 12.7 Å². The molecule has 0 unspecified atom stereocenters. The lowest BCUT2D eigenvalue weighted by molar-refractivity contribution is -0.121. The molecule has 0 heterocycles. The van der Waals surface area contributed by atoms with Crippen LogP contribution in [0.15, 0.2) is 12.1 Å². The molecule has 0 radical (unpaired) electrons. The van der Waals surface area contributed by atoms with E-state index in [0.29, 0.717) is 5.56 Å². The van der Waals surface area contributed by atoms with Crippen molar-refractivity contribution < 1.29 is 14.0 Å². The predicted octanol–water partition coefficient (Wildman–Crippen LogP) is 1.36. The first kappa shape index (κ1) is 15.9. The number of hydrogen-bond acceptors (Lipinski definition) is 3. The van der Waals surface area contributed by atoms with Gasteiger partial charge in [0.15, 0.2) is 0 Å². The summed E-state index contributed by atoms with van der Waals surface area (Å²) >= 11 is 0. The van der Waals surface area contributed by atoms with E-state index < -0.39 is 11.7 Å². The normalized spacial score (nSPS) is 11.1. The molecular weight excluding hydrogens is 261 g/mol. The molecule has 4 N–H and O–H groups in total. The van der Waals surface area contributed by atoms with Crippen molar-refractivity contribution in [2.24, 2.45) is 0 Å². The highest BCUT2D eigenvalue weighted by Gasteiger charge is 2.15. The Hall–Kier alpha value is -2.11. The average molecular weight is 281 g/mol. The fourth-order valence-corrected chi connectivity index (χ4v) is 1.56. The number of carbonyl (C=O) groups is 2. The smallest absolute Gasteiger partial charge is 0.251 e. The number of nitrogen functional groups attached to an aromatic ring is 1. The molecule has 0 aromatic heterocycles. The second-order valence-electron chi connectivity index (χ2n) is 5.65. The SMILES string of the molecule is Cc1c(N)cc(C(=O)NCC(=O)NC(C)(C)C)cc1F. The molecule has 1 aromatic rings. The van der Waals surface area contributed by atoms with Crippen molar-refractivity contribution in [3.05, 3.63) is 29.1 Å². The Balaban J connectivity index is 2.66. The van der Waals surface area contributed by atoms with Crippen molar-refractivity contribution in [2.75, 3.05) is 12.3 Å². The van der Waals surface area contributed by atoms with Crippen LogP contribution in [0.5, 0.6) is 0 Å². The Kier molecular flexibility index (Phi) is 4.70. The van der Waals surface area contributed by atoms with Crippen molar-refractivity contribution in [1.82, 2.24) is 10.6 Å². The Bertz CT molecular complexity index is 513.